The van der Waals surface area contributed by atoms with Crippen LogP contribution in [0, 0.1) is 0 Å². The molecule has 0 saturated heterocycles. The number of hydrogen-bond donors (Lipinski definition) is 2. The zero-order valence-electron chi connectivity index (χ0n) is 18.8. The van der Waals surface area contributed by atoms with Gasteiger partial charge < -0.3 is 14.8 Å². The number of para-hydroxylation sites is 1. The Morgan fingerprint density at radius 1 is 0.941 bits per heavy atom. The number of fused-ring (bicyclic) bond motifs is 3. The van der Waals surface area contributed by atoms with Crippen molar-refractivity contribution in [3.05, 3.63) is 101 Å². The molecule has 2 aliphatic rings. The molecule has 3 aromatic carbocycles. The molecule has 0 bridgehead atoms. The molecule has 0 aliphatic heterocycles. The van der Waals surface area contributed by atoms with Crippen molar-refractivity contribution in [2.75, 3.05) is 5.32 Å². The fourth-order valence-corrected chi connectivity index (χ4v) is 6.50. The van der Waals surface area contributed by atoms with Crippen LogP contribution < -0.4 is 5.32 Å². The van der Waals surface area contributed by atoms with E-state index >= 15 is 0 Å². The van der Waals surface area contributed by atoms with Gasteiger partial charge in [0, 0.05) is 27.4 Å². The highest BCUT2D eigenvalue weighted by molar-refractivity contribution is 6.30. The maximum absolute atomic E-state index is 12.6. The predicted molar refractivity (Wildman–Crippen MR) is 135 cm³/mol. The topological polar surface area (TPSA) is 62.5 Å². The van der Waals surface area contributed by atoms with Crippen LogP contribution in [-0.2, 0) is 16.6 Å². The highest BCUT2D eigenvalue weighted by Crippen LogP contribution is 2.58. The van der Waals surface area contributed by atoms with E-state index < -0.39 is 11.5 Å². The van der Waals surface area contributed by atoms with Crippen molar-refractivity contribution >= 4 is 34.2 Å². The standard InChI is InChI=1S/C29H26ClNO3/c30-21-8-5-9-22(18-21)31-29(27(32)33)14-12-28(13-15-29)23-10-3-1-6-19(23)16-24(28)26-17-20-7-2-4-11-25(20)34-26/h1-11,17-18,24,31H,12-16H2,(H,32,33)/t24-,28?,29?/m1/s1. The van der Waals surface area contributed by atoms with Crippen LogP contribution >= 0.6 is 11.6 Å². The molecule has 34 heavy (non-hydrogen) atoms. The minimum Gasteiger partial charge on any atom is -0.480 e. The summed E-state index contributed by atoms with van der Waals surface area (Å²) in [5.41, 5.74) is 3.18. The highest BCUT2D eigenvalue weighted by atomic mass is 35.5. The number of benzene rings is 3. The summed E-state index contributed by atoms with van der Waals surface area (Å²) in [6.07, 6.45) is 3.51. The Morgan fingerprint density at radius 2 is 1.71 bits per heavy atom. The monoisotopic (exact) mass is 471 g/mol. The first-order chi connectivity index (χ1) is 16.5. The number of rotatable bonds is 4. The number of nitrogens with one attached hydrogen (secondary N) is 1. The van der Waals surface area contributed by atoms with Crippen molar-refractivity contribution in [1.29, 1.82) is 0 Å². The van der Waals surface area contributed by atoms with Gasteiger partial charge in [-0.2, -0.15) is 0 Å². The maximum atomic E-state index is 12.6. The summed E-state index contributed by atoms with van der Waals surface area (Å²) in [5, 5.41) is 15.3. The average molecular weight is 472 g/mol. The summed E-state index contributed by atoms with van der Waals surface area (Å²) >= 11 is 6.16. The van der Waals surface area contributed by atoms with Crippen molar-refractivity contribution in [1.82, 2.24) is 0 Å². The molecule has 0 radical (unpaired) electrons. The molecule has 0 unspecified atom stereocenters. The Bertz CT molecular complexity index is 1350. The molecule has 5 heteroatoms. The molecule has 1 aromatic heterocycles. The molecule has 2 aliphatic carbocycles. The molecular weight excluding hydrogens is 446 g/mol. The minimum atomic E-state index is -1.02. The molecule has 1 spiro atoms. The highest BCUT2D eigenvalue weighted by Gasteiger charge is 2.55. The van der Waals surface area contributed by atoms with Crippen LogP contribution in [0.2, 0.25) is 5.02 Å². The van der Waals surface area contributed by atoms with Gasteiger partial charge in [0.25, 0.3) is 0 Å². The van der Waals surface area contributed by atoms with E-state index in [9.17, 15) is 9.90 Å². The molecule has 1 atom stereocenters. The Labute approximate surface area is 203 Å². The van der Waals surface area contributed by atoms with Gasteiger partial charge in [-0.1, -0.05) is 60.1 Å². The first kappa shape index (κ1) is 21.3. The van der Waals surface area contributed by atoms with Crippen molar-refractivity contribution < 1.29 is 14.3 Å². The number of hydrogen-bond acceptors (Lipinski definition) is 3. The number of furan rings is 1. The van der Waals surface area contributed by atoms with Gasteiger partial charge in [0.2, 0.25) is 0 Å². The molecule has 1 fully saturated rings. The van der Waals surface area contributed by atoms with Gasteiger partial charge in [0.15, 0.2) is 0 Å². The van der Waals surface area contributed by atoms with Crippen LogP contribution in [0.25, 0.3) is 11.0 Å². The quantitative estimate of drug-likeness (QED) is 0.331. The second-order valence-electron chi connectivity index (χ2n) is 9.78. The van der Waals surface area contributed by atoms with Gasteiger partial charge in [-0.05, 0) is 73.6 Å². The van der Waals surface area contributed by atoms with Crippen LogP contribution in [-0.4, -0.2) is 16.6 Å². The first-order valence-corrected chi connectivity index (χ1v) is 12.2. The lowest BCUT2D eigenvalue weighted by atomic mass is 9.60. The third kappa shape index (κ3) is 3.32. The summed E-state index contributed by atoms with van der Waals surface area (Å²) in [4.78, 5) is 12.6. The smallest absolute Gasteiger partial charge is 0.329 e. The third-order valence-electron chi connectivity index (χ3n) is 8.05. The molecular formula is C29H26ClNO3. The van der Waals surface area contributed by atoms with E-state index in [0.717, 1.165) is 41.7 Å². The molecule has 4 nitrogen and oxygen atoms in total. The van der Waals surface area contributed by atoms with Crippen LogP contribution in [0.4, 0.5) is 5.69 Å². The van der Waals surface area contributed by atoms with E-state index in [4.69, 9.17) is 16.0 Å². The van der Waals surface area contributed by atoms with Crippen LogP contribution in [0.1, 0.15) is 48.5 Å². The molecule has 172 valence electrons. The van der Waals surface area contributed by atoms with Crippen molar-refractivity contribution in [3.8, 4) is 0 Å². The molecule has 2 N–H and O–H groups in total. The van der Waals surface area contributed by atoms with E-state index in [0.29, 0.717) is 17.9 Å². The lowest BCUT2D eigenvalue weighted by Gasteiger charge is -2.46. The van der Waals surface area contributed by atoms with Gasteiger partial charge in [-0.25, -0.2) is 4.79 Å². The molecule has 1 heterocycles. The number of halogens is 1. The summed E-state index contributed by atoms with van der Waals surface area (Å²) < 4.78 is 6.37. The SMILES string of the molecule is O=C(O)C1(Nc2cccc(Cl)c2)CCC2(CC1)c1ccccc1C[C@@H]2c1cc2ccccc2o1. The van der Waals surface area contributed by atoms with E-state index in [1.54, 1.807) is 12.1 Å². The Kier molecular flexibility index (Phi) is 4.96. The van der Waals surface area contributed by atoms with Crippen molar-refractivity contribution in [2.24, 2.45) is 0 Å². The normalized spacial score (nSPS) is 26.0. The maximum Gasteiger partial charge on any atom is 0.329 e. The largest absolute Gasteiger partial charge is 0.480 e. The number of carboxylic acids is 1. The van der Waals surface area contributed by atoms with Gasteiger partial charge >= 0.3 is 5.97 Å². The van der Waals surface area contributed by atoms with E-state index in [1.807, 2.05) is 30.3 Å². The number of aliphatic carboxylic acids is 1. The predicted octanol–water partition coefficient (Wildman–Crippen LogP) is 7.17. The van der Waals surface area contributed by atoms with Crippen LogP contribution in [0.3, 0.4) is 0 Å². The van der Waals surface area contributed by atoms with E-state index in [1.165, 1.54) is 11.1 Å². The van der Waals surface area contributed by atoms with Gasteiger partial charge in [0.1, 0.15) is 16.9 Å². The number of anilines is 1. The number of carboxylic acid groups (broad SMARTS) is 1. The first-order valence-electron chi connectivity index (χ1n) is 11.8. The lowest BCUT2D eigenvalue weighted by molar-refractivity contribution is -0.144. The zero-order chi connectivity index (χ0) is 23.3. The molecule has 0 amide bonds. The summed E-state index contributed by atoms with van der Waals surface area (Å²) in [5.74, 6) is 0.382. The summed E-state index contributed by atoms with van der Waals surface area (Å²) in [6.45, 7) is 0. The van der Waals surface area contributed by atoms with Crippen LogP contribution in [0.15, 0.2) is 83.3 Å². The third-order valence-corrected chi connectivity index (χ3v) is 8.28. The summed E-state index contributed by atoms with van der Waals surface area (Å²) in [7, 11) is 0. The van der Waals surface area contributed by atoms with E-state index in [2.05, 4.69) is 41.7 Å². The minimum absolute atomic E-state index is 0.139. The van der Waals surface area contributed by atoms with Gasteiger partial charge in [0.05, 0.1) is 0 Å². The second-order valence-corrected chi connectivity index (χ2v) is 10.2. The van der Waals surface area contributed by atoms with Crippen LogP contribution in [0.5, 0.6) is 0 Å². The zero-order valence-corrected chi connectivity index (χ0v) is 19.5. The number of carbonyl (C=O) groups is 1. The fraction of sp³-hybridized carbons (Fsp3) is 0.276. The fourth-order valence-electron chi connectivity index (χ4n) is 6.31. The van der Waals surface area contributed by atoms with Gasteiger partial charge in [-0.3, -0.25) is 0 Å². The average Bonchev–Trinajstić information content (AvgIpc) is 3.40. The Morgan fingerprint density at radius 3 is 2.47 bits per heavy atom. The molecule has 6 rings (SSSR count). The lowest BCUT2D eigenvalue weighted by Crippen LogP contribution is -2.52. The second kappa shape index (κ2) is 7.92. The summed E-state index contributed by atoms with van der Waals surface area (Å²) in [6, 6.07) is 26.3. The van der Waals surface area contributed by atoms with Crippen molar-refractivity contribution in [2.45, 2.75) is 49.0 Å². The van der Waals surface area contributed by atoms with Gasteiger partial charge in [-0.15, -0.1) is 0 Å². The Balaban J connectivity index is 1.38. The molecule has 1 saturated carbocycles. The van der Waals surface area contributed by atoms with E-state index in [-0.39, 0.29) is 11.3 Å². The molecule has 4 aromatic rings. The Hall–Kier alpha value is -3.24. The van der Waals surface area contributed by atoms with Crippen molar-refractivity contribution in [3.63, 3.8) is 0 Å².